The van der Waals surface area contributed by atoms with Crippen LogP contribution in [0.1, 0.15) is 28.8 Å². The maximum atomic E-state index is 12.4. The van der Waals surface area contributed by atoms with E-state index in [0.717, 1.165) is 17.7 Å². The van der Waals surface area contributed by atoms with E-state index in [1.165, 1.54) is 10.6 Å². The van der Waals surface area contributed by atoms with Gasteiger partial charge in [-0.25, -0.2) is 0 Å². The molecule has 0 saturated carbocycles. The quantitative estimate of drug-likeness (QED) is 0.939. The van der Waals surface area contributed by atoms with Crippen LogP contribution in [0.3, 0.4) is 0 Å². The number of rotatable bonds is 3. The summed E-state index contributed by atoms with van der Waals surface area (Å²) in [4.78, 5) is 38.1. The van der Waals surface area contributed by atoms with E-state index in [-0.39, 0.29) is 17.0 Å². The van der Waals surface area contributed by atoms with Crippen molar-refractivity contribution in [2.45, 2.75) is 19.8 Å². The second-order valence-electron chi connectivity index (χ2n) is 5.94. The highest BCUT2D eigenvalue weighted by Gasteiger charge is 2.23. The van der Waals surface area contributed by atoms with Gasteiger partial charge < -0.3 is 14.8 Å². The molecule has 1 aromatic heterocycles. The van der Waals surface area contributed by atoms with Crippen LogP contribution >= 0.6 is 0 Å². The van der Waals surface area contributed by atoms with Gasteiger partial charge in [0.2, 0.25) is 5.91 Å². The fourth-order valence-electron chi connectivity index (χ4n) is 2.85. The third-order valence-electron chi connectivity index (χ3n) is 4.20. The largest absolute Gasteiger partial charge is 0.322 e. The van der Waals surface area contributed by atoms with E-state index in [1.54, 1.807) is 36.3 Å². The smallest absolute Gasteiger partial charge is 0.263 e. The molecular weight excluding hydrogens is 306 g/mol. The van der Waals surface area contributed by atoms with E-state index in [9.17, 15) is 14.4 Å². The van der Waals surface area contributed by atoms with Crippen LogP contribution in [0.25, 0.3) is 0 Å². The molecule has 0 spiro atoms. The molecule has 2 heterocycles. The molecule has 2 aromatic rings. The lowest BCUT2D eigenvalue weighted by Gasteiger charge is -2.19. The second-order valence-corrected chi connectivity index (χ2v) is 5.94. The van der Waals surface area contributed by atoms with Crippen molar-refractivity contribution in [3.63, 3.8) is 0 Å². The van der Waals surface area contributed by atoms with Gasteiger partial charge in [-0.1, -0.05) is 6.07 Å². The Balaban J connectivity index is 1.88. The number of carbonyl (C=O) groups excluding carboxylic acids is 2. The summed E-state index contributed by atoms with van der Waals surface area (Å²) in [6.07, 6.45) is 2.99. The van der Waals surface area contributed by atoms with Crippen LogP contribution in [0, 0.1) is 6.92 Å². The Labute approximate surface area is 139 Å². The lowest BCUT2D eigenvalue weighted by atomic mass is 10.1. The Kier molecular flexibility index (Phi) is 4.20. The van der Waals surface area contributed by atoms with Gasteiger partial charge in [0, 0.05) is 37.6 Å². The average Bonchev–Trinajstić information content (AvgIpc) is 2.97. The van der Waals surface area contributed by atoms with Crippen LogP contribution in [0.2, 0.25) is 0 Å². The summed E-state index contributed by atoms with van der Waals surface area (Å²) in [5, 5.41) is 2.74. The first-order valence-corrected chi connectivity index (χ1v) is 7.85. The number of aryl methyl sites for hydroxylation is 2. The first-order valence-electron chi connectivity index (χ1n) is 7.85. The van der Waals surface area contributed by atoms with Crippen molar-refractivity contribution in [2.24, 2.45) is 7.05 Å². The van der Waals surface area contributed by atoms with Crippen molar-refractivity contribution in [1.82, 2.24) is 4.57 Å². The van der Waals surface area contributed by atoms with Gasteiger partial charge >= 0.3 is 0 Å². The van der Waals surface area contributed by atoms with Crippen LogP contribution in [0.5, 0.6) is 0 Å². The van der Waals surface area contributed by atoms with Crippen molar-refractivity contribution in [3.05, 3.63) is 58.0 Å². The summed E-state index contributed by atoms with van der Waals surface area (Å²) in [5.41, 5.74) is 2.07. The molecule has 1 N–H and O–H groups in total. The molecule has 24 heavy (non-hydrogen) atoms. The summed E-state index contributed by atoms with van der Waals surface area (Å²) < 4.78 is 1.36. The molecule has 6 nitrogen and oxygen atoms in total. The monoisotopic (exact) mass is 325 g/mol. The van der Waals surface area contributed by atoms with Crippen LogP contribution in [0.15, 0.2) is 41.3 Å². The Morgan fingerprint density at radius 2 is 2.00 bits per heavy atom. The molecule has 1 fully saturated rings. The number of hydrogen-bond donors (Lipinski definition) is 1. The molecule has 1 aliphatic rings. The minimum atomic E-state index is -0.459. The molecule has 1 aliphatic heterocycles. The summed E-state index contributed by atoms with van der Waals surface area (Å²) in [5.74, 6) is -0.364. The van der Waals surface area contributed by atoms with Crippen molar-refractivity contribution in [2.75, 3.05) is 16.8 Å². The zero-order valence-electron chi connectivity index (χ0n) is 13.7. The normalized spacial score (nSPS) is 14.1. The Bertz CT molecular complexity index is 870. The second kappa shape index (κ2) is 6.31. The summed E-state index contributed by atoms with van der Waals surface area (Å²) >= 11 is 0. The van der Waals surface area contributed by atoms with Crippen LogP contribution in [0.4, 0.5) is 11.4 Å². The summed E-state index contributed by atoms with van der Waals surface area (Å²) in [6.45, 7) is 2.62. The number of nitrogens with zero attached hydrogens (tertiary/aromatic N) is 2. The minimum absolute atomic E-state index is 0.0828. The highest BCUT2D eigenvalue weighted by atomic mass is 16.2. The molecule has 0 radical (unpaired) electrons. The van der Waals surface area contributed by atoms with E-state index >= 15 is 0 Å². The van der Waals surface area contributed by atoms with Gasteiger partial charge in [0.05, 0.1) is 0 Å². The molecule has 6 heteroatoms. The number of hydrogen-bond acceptors (Lipinski definition) is 3. The number of nitrogens with one attached hydrogen (secondary N) is 1. The van der Waals surface area contributed by atoms with Gasteiger partial charge in [-0.2, -0.15) is 0 Å². The molecule has 0 unspecified atom stereocenters. The van der Waals surface area contributed by atoms with Crippen LogP contribution in [-0.4, -0.2) is 22.9 Å². The highest BCUT2D eigenvalue weighted by molar-refractivity contribution is 6.04. The van der Waals surface area contributed by atoms with Crippen LogP contribution < -0.4 is 15.8 Å². The Morgan fingerprint density at radius 3 is 2.71 bits per heavy atom. The topological polar surface area (TPSA) is 71.4 Å². The number of anilines is 2. The predicted molar refractivity (Wildman–Crippen MR) is 92.4 cm³/mol. The third kappa shape index (κ3) is 2.95. The SMILES string of the molecule is Cc1ccc(NC(=O)c2cccn(C)c2=O)cc1N1CCCC1=O. The van der Waals surface area contributed by atoms with E-state index in [1.807, 2.05) is 13.0 Å². The van der Waals surface area contributed by atoms with Crippen molar-refractivity contribution in [3.8, 4) is 0 Å². The molecule has 0 atom stereocenters. The van der Waals surface area contributed by atoms with Gasteiger partial charge in [-0.3, -0.25) is 14.4 Å². The molecule has 0 aliphatic carbocycles. The molecule has 1 saturated heterocycles. The fourth-order valence-corrected chi connectivity index (χ4v) is 2.85. The lowest BCUT2D eigenvalue weighted by molar-refractivity contribution is -0.117. The zero-order valence-corrected chi connectivity index (χ0v) is 13.7. The van der Waals surface area contributed by atoms with Gasteiger partial charge in [0.25, 0.3) is 11.5 Å². The van der Waals surface area contributed by atoms with Crippen molar-refractivity contribution in [1.29, 1.82) is 0 Å². The standard InChI is InChI=1S/C18H19N3O3/c1-12-7-8-13(11-15(12)21-10-4-6-16(21)22)19-17(23)14-5-3-9-20(2)18(14)24/h3,5,7-9,11H,4,6,10H2,1-2H3,(H,19,23). The molecule has 3 rings (SSSR count). The van der Waals surface area contributed by atoms with E-state index in [2.05, 4.69) is 5.32 Å². The Morgan fingerprint density at radius 1 is 1.21 bits per heavy atom. The van der Waals surface area contributed by atoms with Crippen molar-refractivity contribution >= 4 is 23.2 Å². The fraction of sp³-hybridized carbons (Fsp3) is 0.278. The van der Waals surface area contributed by atoms with E-state index in [0.29, 0.717) is 18.7 Å². The maximum absolute atomic E-state index is 12.4. The van der Waals surface area contributed by atoms with Gasteiger partial charge in [-0.05, 0) is 43.2 Å². The number of carbonyl (C=O) groups is 2. The van der Waals surface area contributed by atoms with Gasteiger partial charge in [0.1, 0.15) is 5.56 Å². The number of benzene rings is 1. The summed E-state index contributed by atoms with van der Waals surface area (Å²) in [7, 11) is 1.60. The molecule has 1 aromatic carbocycles. The lowest BCUT2D eigenvalue weighted by Crippen LogP contribution is -2.27. The third-order valence-corrected chi connectivity index (χ3v) is 4.20. The maximum Gasteiger partial charge on any atom is 0.263 e. The Hall–Kier alpha value is -2.89. The predicted octanol–water partition coefficient (Wildman–Crippen LogP) is 2.07. The highest BCUT2D eigenvalue weighted by Crippen LogP contribution is 2.28. The molecule has 0 bridgehead atoms. The summed E-state index contributed by atoms with van der Waals surface area (Å²) in [6, 6.07) is 8.56. The molecule has 124 valence electrons. The number of aromatic nitrogens is 1. The average molecular weight is 325 g/mol. The first-order chi connectivity index (χ1) is 11.5. The molecular formula is C18H19N3O3. The first kappa shape index (κ1) is 16.0. The minimum Gasteiger partial charge on any atom is -0.322 e. The van der Waals surface area contributed by atoms with Gasteiger partial charge in [-0.15, -0.1) is 0 Å². The zero-order chi connectivity index (χ0) is 17.3. The number of pyridine rings is 1. The molecule has 2 amide bonds. The van der Waals surface area contributed by atoms with Crippen molar-refractivity contribution < 1.29 is 9.59 Å². The van der Waals surface area contributed by atoms with E-state index < -0.39 is 5.91 Å². The van der Waals surface area contributed by atoms with Crippen LogP contribution in [-0.2, 0) is 11.8 Å². The van der Waals surface area contributed by atoms with Gasteiger partial charge in [0.15, 0.2) is 0 Å². The number of amides is 2. The van der Waals surface area contributed by atoms with E-state index in [4.69, 9.17) is 0 Å².